The first-order chi connectivity index (χ1) is 16.5. The van der Waals surface area contributed by atoms with Crippen LogP contribution in [0.25, 0.3) is 5.69 Å². The van der Waals surface area contributed by atoms with Gasteiger partial charge in [-0.25, -0.2) is 9.59 Å². The third-order valence-corrected chi connectivity index (χ3v) is 5.33. The molecule has 1 aromatic heterocycles. The highest BCUT2D eigenvalue weighted by Gasteiger charge is 2.43. The summed E-state index contributed by atoms with van der Waals surface area (Å²) < 4.78 is 11.4. The molecule has 1 atom stereocenters. The molecule has 0 radical (unpaired) electrons. The number of nitrogens with zero attached hydrogens (tertiary/aromatic N) is 6. The third kappa shape index (κ3) is 3.63. The molecule has 2 aromatic carbocycles. The van der Waals surface area contributed by atoms with Crippen molar-refractivity contribution in [2.24, 2.45) is 5.73 Å². The van der Waals surface area contributed by atoms with Crippen LogP contribution in [0.5, 0.6) is 0 Å². The lowest BCUT2D eigenvalue weighted by Crippen LogP contribution is -2.41. The summed E-state index contributed by atoms with van der Waals surface area (Å²) in [6.07, 6.45) is 1.36. The fourth-order valence-electron chi connectivity index (χ4n) is 3.88. The van der Waals surface area contributed by atoms with Gasteiger partial charge in [0, 0.05) is 0 Å². The van der Waals surface area contributed by atoms with Gasteiger partial charge in [0.2, 0.25) is 0 Å². The summed E-state index contributed by atoms with van der Waals surface area (Å²) in [6, 6.07) is 17.7. The minimum absolute atomic E-state index is 0.0510. The molecule has 11 nitrogen and oxygen atoms in total. The molecule has 34 heavy (non-hydrogen) atoms. The van der Waals surface area contributed by atoms with E-state index in [1.54, 1.807) is 54.6 Å². The first-order valence-electron chi connectivity index (χ1n) is 10.0. The Labute approximate surface area is 194 Å². The number of anilines is 1. The number of rotatable bonds is 5. The summed E-state index contributed by atoms with van der Waals surface area (Å²) in [7, 11) is 2.38. The zero-order chi connectivity index (χ0) is 24.2. The van der Waals surface area contributed by atoms with Crippen LogP contribution in [-0.4, -0.2) is 46.4 Å². The molecule has 0 saturated heterocycles. The van der Waals surface area contributed by atoms with E-state index >= 15 is 0 Å². The van der Waals surface area contributed by atoms with Crippen molar-refractivity contribution in [3.05, 3.63) is 89.2 Å². The Morgan fingerprint density at radius 3 is 2.24 bits per heavy atom. The van der Waals surface area contributed by atoms with Crippen LogP contribution in [0.1, 0.15) is 11.5 Å². The SMILES string of the molecule is COC(=O)C1=C(C(=O)OC)N(c2ccccc2-n2cnnn2)C(N)=C(C#N)C1c1ccccc1. The number of para-hydroxylation sites is 2. The van der Waals surface area contributed by atoms with Gasteiger partial charge in [-0.05, 0) is 28.1 Å². The van der Waals surface area contributed by atoms with Crippen LogP contribution in [0.3, 0.4) is 0 Å². The van der Waals surface area contributed by atoms with Gasteiger partial charge in [-0.1, -0.05) is 42.5 Å². The van der Waals surface area contributed by atoms with E-state index in [-0.39, 0.29) is 22.7 Å². The molecule has 1 unspecified atom stereocenters. The maximum absolute atomic E-state index is 13.2. The number of tetrazole rings is 1. The molecule has 0 aliphatic carbocycles. The molecule has 1 aliphatic heterocycles. The van der Waals surface area contributed by atoms with Gasteiger partial charge in [0.1, 0.15) is 17.8 Å². The fourth-order valence-corrected chi connectivity index (χ4v) is 3.88. The molecule has 0 saturated carbocycles. The normalized spacial score (nSPS) is 15.7. The van der Waals surface area contributed by atoms with Crippen LogP contribution < -0.4 is 10.6 Å². The molecule has 4 rings (SSSR count). The smallest absolute Gasteiger partial charge is 0.355 e. The molecule has 0 amide bonds. The van der Waals surface area contributed by atoms with Crippen molar-refractivity contribution >= 4 is 17.6 Å². The van der Waals surface area contributed by atoms with Crippen LogP contribution in [-0.2, 0) is 19.1 Å². The first kappa shape index (κ1) is 22.2. The summed E-state index contributed by atoms with van der Waals surface area (Å²) in [4.78, 5) is 27.6. The summed E-state index contributed by atoms with van der Waals surface area (Å²) >= 11 is 0. The third-order valence-electron chi connectivity index (χ3n) is 5.33. The molecule has 1 aliphatic rings. The number of carbonyl (C=O) groups excluding carboxylic acids is 2. The predicted octanol–water partition coefficient (Wildman–Crippen LogP) is 1.56. The van der Waals surface area contributed by atoms with Gasteiger partial charge in [-0.2, -0.15) is 9.94 Å². The maximum Gasteiger partial charge on any atom is 0.355 e. The highest BCUT2D eigenvalue weighted by Crippen LogP contribution is 2.44. The lowest BCUT2D eigenvalue weighted by molar-refractivity contribution is -0.139. The Bertz CT molecular complexity index is 1340. The topological polar surface area (TPSA) is 149 Å². The Hall–Kier alpha value is -4.98. The summed E-state index contributed by atoms with van der Waals surface area (Å²) in [5, 5.41) is 21.3. The van der Waals surface area contributed by atoms with Gasteiger partial charge >= 0.3 is 11.9 Å². The zero-order valence-electron chi connectivity index (χ0n) is 18.2. The number of methoxy groups -OCH3 is 2. The molecule has 2 heterocycles. The van der Waals surface area contributed by atoms with Crippen molar-refractivity contribution < 1.29 is 19.1 Å². The van der Waals surface area contributed by atoms with E-state index in [2.05, 4.69) is 21.6 Å². The number of ether oxygens (including phenoxy) is 2. The highest BCUT2D eigenvalue weighted by atomic mass is 16.5. The molecule has 11 heteroatoms. The van der Waals surface area contributed by atoms with Gasteiger partial charge in [-0.3, -0.25) is 4.90 Å². The van der Waals surface area contributed by atoms with E-state index in [1.807, 2.05) is 0 Å². The van der Waals surface area contributed by atoms with E-state index in [0.29, 0.717) is 16.9 Å². The standard InChI is InChI=1S/C23H19N7O4/c1-33-22(31)19-18(14-8-4-3-5-9-14)15(12-24)21(25)30(20(19)23(32)34-2)17-11-7-6-10-16(17)29-13-26-27-28-29/h3-11,13,18H,25H2,1-2H3. The van der Waals surface area contributed by atoms with E-state index in [9.17, 15) is 14.9 Å². The van der Waals surface area contributed by atoms with Crippen LogP contribution in [0.4, 0.5) is 5.69 Å². The second-order valence-corrected chi connectivity index (χ2v) is 7.08. The van der Waals surface area contributed by atoms with Crippen LogP contribution in [0, 0.1) is 11.3 Å². The van der Waals surface area contributed by atoms with Gasteiger partial charge < -0.3 is 15.2 Å². The number of hydrogen-bond donors (Lipinski definition) is 1. The Kier molecular flexibility index (Phi) is 6.05. The minimum atomic E-state index is -0.954. The molecule has 0 spiro atoms. The number of hydrogen-bond acceptors (Lipinski definition) is 10. The number of allylic oxidation sites excluding steroid dienone is 1. The van der Waals surface area contributed by atoms with Crippen molar-refractivity contribution in [3.63, 3.8) is 0 Å². The lowest BCUT2D eigenvalue weighted by atomic mass is 9.81. The van der Waals surface area contributed by atoms with Crippen molar-refractivity contribution in [1.29, 1.82) is 5.26 Å². The van der Waals surface area contributed by atoms with Gasteiger partial charge in [-0.15, -0.1) is 5.10 Å². The largest absolute Gasteiger partial charge is 0.466 e. The maximum atomic E-state index is 13.2. The summed E-state index contributed by atoms with van der Waals surface area (Å²) in [5.74, 6) is -2.65. The number of aromatic nitrogens is 4. The molecule has 170 valence electrons. The number of esters is 2. The van der Waals surface area contributed by atoms with Crippen LogP contribution in [0.15, 0.2) is 83.6 Å². The average Bonchev–Trinajstić information content (AvgIpc) is 3.42. The first-order valence-corrected chi connectivity index (χ1v) is 10.0. The number of nitrogens with two attached hydrogens (primary N) is 1. The number of carbonyl (C=O) groups is 2. The molecular weight excluding hydrogens is 438 g/mol. The van der Waals surface area contributed by atoms with E-state index in [0.717, 1.165) is 0 Å². The second-order valence-electron chi connectivity index (χ2n) is 7.08. The average molecular weight is 457 g/mol. The zero-order valence-corrected chi connectivity index (χ0v) is 18.2. The van der Waals surface area contributed by atoms with Crippen molar-refractivity contribution in [1.82, 2.24) is 20.2 Å². The van der Waals surface area contributed by atoms with Gasteiger partial charge in [0.05, 0.1) is 48.7 Å². The lowest BCUT2D eigenvalue weighted by Gasteiger charge is -2.36. The van der Waals surface area contributed by atoms with Crippen LogP contribution in [0.2, 0.25) is 0 Å². The van der Waals surface area contributed by atoms with Crippen LogP contribution >= 0.6 is 0 Å². The monoisotopic (exact) mass is 457 g/mol. The highest BCUT2D eigenvalue weighted by molar-refractivity contribution is 6.06. The number of nitriles is 1. The Morgan fingerprint density at radius 2 is 1.65 bits per heavy atom. The number of benzene rings is 2. The predicted molar refractivity (Wildman–Crippen MR) is 119 cm³/mol. The molecule has 0 bridgehead atoms. The second kappa shape index (κ2) is 9.25. The van der Waals surface area contributed by atoms with Crippen molar-refractivity contribution in [2.45, 2.75) is 5.92 Å². The summed E-state index contributed by atoms with van der Waals surface area (Å²) in [6.45, 7) is 0. The Morgan fingerprint density at radius 1 is 1.00 bits per heavy atom. The molecule has 0 fully saturated rings. The molecule has 2 N–H and O–H groups in total. The van der Waals surface area contributed by atoms with Crippen molar-refractivity contribution in [3.8, 4) is 11.8 Å². The molecule has 3 aromatic rings. The van der Waals surface area contributed by atoms with E-state index in [1.165, 1.54) is 30.1 Å². The van der Waals surface area contributed by atoms with Gasteiger partial charge in [0.25, 0.3) is 0 Å². The fraction of sp³-hybridized carbons (Fsp3) is 0.130. The van der Waals surface area contributed by atoms with Crippen molar-refractivity contribution in [2.75, 3.05) is 19.1 Å². The minimum Gasteiger partial charge on any atom is -0.466 e. The molecular formula is C23H19N7O4. The van der Waals surface area contributed by atoms with E-state index < -0.39 is 17.9 Å². The Balaban J connectivity index is 2.09. The quantitative estimate of drug-likeness (QED) is 0.559. The van der Waals surface area contributed by atoms with E-state index in [4.69, 9.17) is 15.2 Å². The van der Waals surface area contributed by atoms with Gasteiger partial charge in [0.15, 0.2) is 0 Å². The summed E-state index contributed by atoms with van der Waals surface area (Å²) in [5.41, 5.74) is 7.69.